The van der Waals surface area contributed by atoms with Gasteiger partial charge in [-0.1, -0.05) is 0 Å². The molecule has 0 saturated heterocycles. The summed E-state index contributed by atoms with van der Waals surface area (Å²) in [6.07, 6.45) is 1.71. The van der Waals surface area contributed by atoms with Gasteiger partial charge in [0.25, 0.3) is 5.91 Å². The van der Waals surface area contributed by atoms with Crippen molar-refractivity contribution in [2.45, 2.75) is 0 Å². The normalized spacial score (nSPS) is 10.9. The number of nitrogens with two attached hydrogens (primary N) is 1. The third kappa shape index (κ3) is 2.14. The Kier molecular flexibility index (Phi) is 2.94. The van der Waals surface area contributed by atoms with Gasteiger partial charge in [-0.05, 0) is 40.2 Å². The maximum atomic E-state index is 12.3. The summed E-state index contributed by atoms with van der Waals surface area (Å²) in [5.74, 6) is 0.0714. The van der Waals surface area contributed by atoms with E-state index in [0.29, 0.717) is 21.8 Å². The van der Waals surface area contributed by atoms with Crippen LogP contribution >= 0.6 is 15.9 Å². The number of carbonyl (C=O) groups is 1. The summed E-state index contributed by atoms with van der Waals surface area (Å²) < 4.78 is 3.68. The largest absolute Gasteiger partial charge is 0.382 e. The van der Waals surface area contributed by atoms with Crippen molar-refractivity contribution in [3.8, 4) is 0 Å². The molecule has 1 amide bonds. The van der Waals surface area contributed by atoms with Crippen molar-refractivity contribution in [2.24, 2.45) is 7.05 Å². The van der Waals surface area contributed by atoms with Crippen LogP contribution in [-0.2, 0) is 7.05 Å². The van der Waals surface area contributed by atoms with E-state index in [0.717, 1.165) is 5.52 Å². The van der Waals surface area contributed by atoms with Crippen LogP contribution in [0.25, 0.3) is 5.52 Å². The van der Waals surface area contributed by atoms with Crippen LogP contribution in [0.3, 0.4) is 0 Å². The Balaban J connectivity index is 1.96. The predicted molar refractivity (Wildman–Crippen MR) is 78.5 cm³/mol. The molecule has 0 radical (unpaired) electrons. The Morgan fingerprint density at radius 2 is 2.05 bits per heavy atom. The second kappa shape index (κ2) is 4.64. The van der Waals surface area contributed by atoms with Crippen LogP contribution in [0, 0.1) is 0 Å². The zero-order chi connectivity index (χ0) is 14.3. The van der Waals surface area contributed by atoms with E-state index in [1.165, 1.54) is 4.52 Å². The van der Waals surface area contributed by atoms with Gasteiger partial charge in [0.2, 0.25) is 0 Å². The van der Waals surface area contributed by atoms with Gasteiger partial charge in [-0.3, -0.25) is 9.48 Å². The van der Waals surface area contributed by atoms with Crippen molar-refractivity contribution < 1.29 is 4.79 Å². The van der Waals surface area contributed by atoms with E-state index >= 15 is 0 Å². The monoisotopic (exact) mass is 334 g/mol. The van der Waals surface area contributed by atoms with Crippen molar-refractivity contribution in [2.75, 3.05) is 11.1 Å². The Bertz CT molecular complexity index is 805. The molecule has 3 rings (SSSR count). The first-order valence-corrected chi connectivity index (χ1v) is 6.58. The summed E-state index contributed by atoms with van der Waals surface area (Å²) in [5.41, 5.74) is 7.45. The summed E-state index contributed by atoms with van der Waals surface area (Å²) in [7, 11) is 1.77. The van der Waals surface area contributed by atoms with Crippen molar-refractivity contribution in [3.63, 3.8) is 0 Å². The molecule has 0 bridgehead atoms. The van der Waals surface area contributed by atoms with Gasteiger partial charge in [0.1, 0.15) is 11.5 Å². The topological polar surface area (TPSA) is 90.2 Å². The van der Waals surface area contributed by atoms with Crippen molar-refractivity contribution in [3.05, 3.63) is 40.8 Å². The zero-order valence-electron chi connectivity index (χ0n) is 10.5. The molecule has 8 heteroatoms. The van der Waals surface area contributed by atoms with Crippen molar-refractivity contribution in [1.82, 2.24) is 19.4 Å². The number of halogens is 1. The number of fused-ring (bicyclic) bond motifs is 1. The number of anilines is 2. The second-order valence-corrected chi connectivity index (χ2v) is 5.03. The summed E-state index contributed by atoms with van der Waals surface area (Å²) in [5, 5.41) is 11.0. The molecule has 3 aromatic heterocycles. The Morgan fingerprint density at radius 3 is 2.75 bits per heavy atom. The quantitative estimate of drug-likeness (QED) is 0.745. The SMILES string of the molecule is Cn1cc(NC(=O)c2ccc3ccc(N)nn23)c(Br)n1. The van der Waals surface area contributed by atoms with E-state index in [-0.39, 0.29) is 5.91 Å². The van der Waals surface area contributed by atoms with Crippen LogP contribution in [0.15, 0.2) is 35.1 Å². The maximum Gasteiger partial charge on any atom is 0.274 e. The molecular weight excluding hydrogens is 324 g/mol. The molecule has 102 valence electrons. The molecule has 0 unspecified atom stereocenters. The van der Waals surface area contributed by atoms with Crippen molar-refractivity contribution >= 4 is 38.9 Å². The number of hydrogen-bond donors (Lipinski definition) is 2. The summed E-state index contributed by atoms with van der Waals surface area (Å²) in [4.78, 5) is 12.3. The fourth-order valence-electron chi connectivity index (χ4n) is 1.91. The van der Waals surface area contributed by atoms with Gasteiger partial charge >= 0.3 is 0 Å². The van der Waals surface area contributed by atoms with E-state index in [4.69, 9.17) is 5.73 Å². The fraction of sp³-hybridized carbons (Fsp3) is 0.0833. The Labute approximate surface area is 122 Å². The number of nitrogen functional groups attached to an aromatic ring is 1. The highest BCUT2D eigenvalue weighted by Gasteiger charge is 2.15. The van der Waals surface area contributed by atoms with Gasteiger partial charge in [0.15, 0.2) is 4.60 Å². The van der Waals surface area contributed by atoms with Crippen LogP contribution in [0.2, 0.25) is 0 Å². The smallest absolute Gasteiger partial charge is 0.274 e. The average Bonchev–Trinajstić information content (AvgIpc) is 2.93. The number of hydrogen-bond acceptors (Lipinski definition) is 4. The zero-order valence-corrected chi connectivity index (χ0v) is 12.1. The third-order valence-electron chi connectivity index (χ3n) is 2.79. The standard InChI is InChI=1S/C12H11BrN6O/c1-18-6-8(11(13)17-18)15-12(20)9-4-2-7-3-5-10(14)16-19(7)9/h2-6H,1H3,(H2,14,16)(H,15,20). The molecule has 0 atom stereocenters. The van der Waals surface area contributed by atoms with Gasteiger partial charge in [-0.15, -0.1) is 0 Å². The van der Waals surface area contributed by atoms with Gasteiger partial charge in [0, 0.05) is 13.2 Å². The molecular formula is C12H11BrN6O. The van der Waals surface area contributed by atoms with Crippen molar-refractivity contribution in [1.29, 1.82) is 0 Å². The number of aryl methyl sites for hydroxylation is 1. The molecule has 0 aliphatic heterocycles. The molecule has 3 aromatic rings. The van der Waals surface area contributed by atoms with E-state index < -0.39 is 0 Å². The van der Waals surface area contributed by atoms with Crippen LogP contribution < -0.4 is 11.1 Å². The first-order valence-electron chi connectivity index (χ1n) is 5.79. The number of aromatic nitrogens is 4. The predicted octanol–water partition coefficient (Wildman–Crippen LogP) is 1.66. The minimum atomic E-state index is -0.281. The lowest BCUT2D eigenvalue weighted by atomic mass is 10.4. The Morgan fingerprint density at radius 1 is 1.30 bits per heavy atom. The summed E-state index contributed by atoms with van der Waals surface area (Å²) in [6.45, 7) is 0. The first-order chi connectivity index (χ1) is 9.54. The van der Waals surface area contributed by atoms with E-state index in [2.05, 4.69) is 31.4 Å². The highest BCUT2D eigenvalue weighted by molar-refractivity contribution is 9.10. The highest BCUT2D eigenvalue weighted by atomic mass is 79.9. The molecule has 0 aliphatic carbocycles. The first kappa shape index (κ1) is 12.7. The minimum Gasteiger partial charge on any atom is -0.382 e. The van der Waals surface area contributed by atoms with Gasteiger partial charge in [-0.25, -0.2) is 4.52 Å². The van der Waals surface area contributed by atoms with Gasteiger partial charge < -0.3 is 11.1 Å². The Hall–Kier alpha value is -2.35. The lowest BCUT2D eigenvalue weighted by Crippen LogP contribution is -2.15. The number of rotatable bonds is 2. The second-order valence-electron chi connectivity index (χ2n) is 4.27. The fourth-order valence-corrected chi connectivity index (χ4v) is 2.36. The average molecular weight is 335 g/mol. The molecule has 0 spiro atoms. The lowest BCUT2D eigenvalue weighted by Gasteiger charge is -2.04. The number of carbonyl (C=O) groups excluding carboxylic acids is 1. The molecule has 0 aliphatic rings. The highest BCUT2D eigenvalue weighted by Crippen LogP contribution is 2.20. The molecule has 3 N–H and O–H groups in total. The van der Waals surface area contributed by atoms with Crippen LogP contribution in [-0.4, -0.2) is 25.3 Å². The van der Waals surface area contributed by atoms with Crippen LogP contribution in [0.1, 0.15) is 10.5 Å². The number of amides is 1. The maximum absolute atomic E-state index is 12.3. The molecule has 0 aromatic carbocycles. The minimum absolute atomic E-state index is 0.281. The van der Waals surface area contributed by atoms with Gasteiger partial charge in [0.05, 0.1) is 11.2 Å². The molecule has 0 fully saturated rings. The number of nitrogens with zero attached hydrogens (tertiary/aromatic N) is 4. The molecule has 3 heterocycles. The number of nitrogens with one attached hydrogen (secondary N) is 1. The molecule has 20 heavy (non-hydrogen) atoms. The summed E-state index contributed by atoms with van der Waals surface area (Å²) in [6, 6.07) is 6.99. The summed E-state index contributed by atoms with van der Waals surface area (Å²) >= 11 is 3.28. The van der Waals surface area contributed by atoms with E-state index in [1.54, 1.807) is 42.2 Å². The lowest BCUT2D eigenvalue weighted by molar-refractivity contribution is 0.102. The molecule has 0 saturated carbocycles. The van der Waals surface area contributed by atoms with Crippen LogP contribution in [0.5, 0.6) is 0 Å². The van der Waals surface area contributed by atoms with Gasteiger partial charge in [-0.2, -0.15) is 10.2 Å². The van der Waals surface area contributed by atoms with Crippen LogP contribution in [0.4, 0.5) is 11.5 Å². The van der Waals surface area contributed by atoms with E-state index in [1.807, 2.05) is 0 Å². The third-order valence-corrected chi connectivity index (χ3v) is 3.38. The molecule has 7 nitrogen and oxygen atoms in total. The van der Waals surface area contributed by atoms with E-state index in [9.17, 15) is 4.79 Å².